The maximum atomic E-state index is 12.2. The molecule has 0 rings (SSSR count). The van der Waals surface area contributed by atoms with Crippen LogP contribution in [0.3, 0.4) is 0 Å². The van der Waals surface area contributed by atoms with E-state index in [4.69, 9.17) is 10.2 Å². The van der Waals surface area contributed by atoms with Gasteiger partial charge in [0.25, 0.3) is 0 Å². The van der Waals surface area contributed by atoms with Gasteiger partial charge in [-0.3, -0.25) is 4.79 Å². The first-order valence-electron chi connectivity index (χ1n) is 7.65. The van der Waals surface area contributed by atoms with Crippen LogP contribution < -0.4 is 5.32 Å². The van der Waals surface area contributed by atoms with Crippen molar-refractivity contribution < 1.29 is 19.8 Å². The van der Waals surface area contributed by atoms with E-state index in [0.717, 1.165) is 6.42 Å². The van der Waals surface area contributed by atoms with Crippen LogP contribution in [0.1, 0.15) is 47.0 Å². The quantitative estimate of drug-likeness (QED) is 0.575. The molecule has 6 nitrogen and oxygen atoms in total. The molecular weight excluding hydrogens is 272 g/mol. The molecule has 0 saturated heterocycles. The molecule has 1 atom stereocenters. The van der Waals surface area contributed by atoms with Gasteiger partial charge >= 0.3 is 12.0 Å². The number of hydrogen-bond acceptors (Lipinski definition) is 3. The smallest absolute Gasteiger partial charge is 0.317 e. The van der Waals surface area contributed by atoms with Gasteiger partial charge in [-0.15, -0.1) is 0 Å². The van der Waals surface area contributed by atoms with Crippen molar-refractivity contribution in [2.75, 3.05) is 19.7 Å². The zero-order chi connectivity index (χ0) is 16.4. The van der Waals surface area contributed by atoms with E-state index in [1.54, 1.807) is 4.90 Å². The summed E-state index contributed by atoms with van der Waals surface area (Å²) in [6, 6.07) is -0.155. The van der Waals surface area contributed by atoms with Crippen molar-refractivity contribution in [1.82, 2.24) is 10.2 Å². The fourth-order valence-corrected chi connectivity index (χ4v) is 2.32. The standard InChI is InChI=1S/C15H30N2O4/c1-11(2)8-13(9-14(19)20)10-16-15(21)17(12(3)4)6-5-7-18/h11-13,18H,5-10H2,1-4H3,(H,16,21)(H,19,20)/t13-/m0/s1. The summed E-state index contributed by atoms with van der Waals surface area (Å²) in [5.74, 6) is -0.504. The van der Waals surface area contributed by atoms with Crippen LogP contribution in [-0.2, 0) is 4.79 Å². The molecule has 0 aliphatic carbocycles. The highest BCUT2D eigenvalue weighted by atomic mass is 16.4. The van der Waals surface area contributed by atoms with Gasteiger partial charge in [0, 0.05) is 32.2 Å². The first-order chi connectivity index (χ1) is 9.77. The van der Waals surface area contributed by atoms with Gasteiger partial charge in [-0.1, -0.05) is 13.8 Å². The van der Waals surface area contributed by atoms with Crippen molar-refractivity contribution in [2.24, 2.45) is 11.8 Å². The number of nitrogens with zero attached hydrogens (tertiary/aromatic N) is 1. The monoisotopic (exact) mass is 302 g/mol. The number of rotatable bonds is 10. The van der Waals surface area contributed by atoms with Crippen LogP contribution in [0.2, 0.25) is 0 Å². The molecule has 0 aromatic heterocycles. The predicted octanol–water partition coefficient (Wildman–Crippen LogP) is 1.93. The molecule has 0 spiro atoms. The zero-order valence-electron chi connectivity index (χ0n) is 13.6. The second-order valence-electron chi connectivity index (χ2n) is 6.14. The molecule has 0 aliphatic heterocycles. The Morgan fingerprint density at radius 2 is 1.81 bits per heavy atom. The second-order valence-corrected chi connectivity index (χ2v) is 6.14. The largest absolute Gasteiger partial charge is 0.481 e. The summed E-state index contributed by atoms with van der Waals surface area (Å²) in [4.78, 5) is 24.7. The van der Waals surface area contributed by atoms with E-state index in [-0.39, 0.29) is 31.0 Å². The van der Waals surface area contributed by atoms with E-state index in [1.807, 2.05) is 27.7 Å². The number of amides is 2. The lowest BCUT2D eigenvalue weighted by Crippen LogP contribution is -2.46. The van der Waals surface area contributed by atoms with Gasteiger partial charge in [0.15, 0.2) is 0 Å². The molecule has 0 radical (unpaired) electrons. The SMILES string of the molecule is CC(C)C[C@H](CNC(=O)N(CCCO)C(C)C)CC(=O)O. The van der Waals surface area contributed by atoms with E-state index < -0.39 is 5.97 Å². The predicted molar refractivity (Wildman–Crippen MR) is 82.1 cm³/mol. The van der Waals surface area contributed by atoms with E-state index >= 15 is 0 Å². The molecule has 0 heterocycles. The number of aliphatic hydroxyl groups excluding tert-OH is 1. The van der Waals surface area contributed by atoms with Gasteiger partial charge in [0.2, 0.25) is 0 Å². The first kappa shape index (κ1) is 19.7. The molecule has 0 bridgehead atoms. The van der Waals surface area contributed by atoms with Gasteiger partial charge in [0.05, 0.1) is 0 Å². The number of aliphatic hydroxyl groups is 1. The van der Waals surface area contributed by atoms with Crippen LogP contribution in [-0.4, -0.2) is 52.9 Å². The zero-order valence-corrected chi connectivity index (χ0v) is 13.6. The van der Waals surface area contributed by atoms with Gasteiger partial charge in [-0.2, -0.15) is 0 Å². The third-order valence-corrected chi connectivity index (χ3v) is 3.25. The molecule has 0 unspecified atom stereocenters. The van der Waals surface area contributed by atoms with Gasteiger partial charge in [-0.25, -0.2) is 4.79 Å². The summed E-state index contributed by atoms with van der Waals surface area (Å²) in [7, 11) is 0. The summed E-state index contributed by atoms with van der Waals surface area (Å²) in [6.07, 6.45) is 1.37. The van der Waals surface area contributed by atoms with Crippen LogP contribution in [0.4, 0.5) is 4.79 Å². The highest BCUT2D eigenvalue weighted by molar-refractivity contribution is 5.74. The summed E-state index contributed by atoms with van der Waals surface area (Å²) in [5, 5.41) is 20.6. The average Bonchev–Trinajstić information content (AvgIpc) is 2.34. The van der Waals surface area contributed by atoms with E-state index in [1.165, 1.54) is 0 Å². The molecule has 0 aromatic rings. The summed E-state index contributed by atoms with van der Waals surface area (Å²) < 4.78 is 0. The third kappa shape index (κ3) is 9.28. The Balaban J connectivity index is 4.45. The fourth-order valence-electron chi connectivity index (χ4n) is 2.32. The van der Waals surface area contributed by atoms with E-state index in [9.17, 15) is 9.59 Å². The Morgan fingerprint density at radius 1 is 1.19 bits per heavy atom. The number of carboxylic acid groups (broad SMARTS) is 1. The number of carboxylic acids is 1. The Morgan fingerprint density at radius 3 is 2.24 bits per heavy atom. The van der Waals surface area contributed by atoms with Crippen molar-refractivity contribution in [2.45, 2.75) is 53.0 Å². The molecule has 0 fully saturated rings. The summed E-state index contributed by atoms with van der Waals surface area (Å²) >= 11 is 0. The Kier molecular flexibility index (Phi) is 9.78. The normalized spacial score (nSPS) is 12.5. The highest BCUT2D eigenvalue weighted by Crippen LogP contribution is 2.15. The van der Waals surface area contributed by atoms with Crippen molar-refractivity contribution >= 4 is 12.0 Å². The van der Waals surface area contributed by atoms with Crippen LogP contribution in [0.5, 0.6) is 0 Å². The Hall–Kier alpha value is -1.30. The summed E-state index contributed by atoms with van der Waals surface area (Å²) in [5.41, 5.74) is 0. The van der Waals surface area contributed by atoms with Crippen molar-refractivity contribution in [1.29, 1.82) is 0 Å². The fraction of sp³-hybridized carbons (Fsp3) is 0.867. The number of carbonyl (C=O) groups excluding carboxylic acids is 1. The minimum Gasteiger partial charge on any atom is -0.481 e. The molecule has 0 aromatic carbocycles. The molecular formula is C15H30N2O4. The van der Waals surface area contributed by atoms with Crippen LogP contribution in [0.25, 0.3) is 0 Å². The van der Waals surface area contributed by atoms with Gasteiger partial charge in [0.1, 0.15) is 0 Å². The van der Waals surface area contributed by atoms with Gasteiger partial charge < -0.3 is 20.4 Å². The van der Waals surface area contributed by atoms with Gasteiger partial charge in [-0.05, 0) is 38.5 Å². The number of urea groups is 1. The molecule has 2 amide bonds. The first-order valence-corrected chi connectivity index (χ1v) is 7.65. The van der Waals surface area contributed by atoms with Crippen molar-refractivity contribution in [3.63, 3.8) is 0 Å². The summed E-state index contributed by atoms with van der Waals surface area (Å²) in [6.45, 7) is 8.82. The maximum absolute atomic E-state index is 12.2. The lowest BCUT2D eigenvalue weighted by Gasteiger charge is -2.28. The average molecular weight is 302 g/mol. The van der Waals surface area contributed by atoms with E-state index in [0.29, 0.717) is 25.4 Å². The number of carbonyl (C=O) groups is 2. The van der Waals surface area contributed by atoms with E-state index in [2.05, 4.69) is 5.32 Å². The molecule has 124 valence electrons. The maximum Gasteiger partial charge on any atom is 0.317 e. The lowest BCUT2D eigenvalue weighted by atomic mass is 9.94. The molecule has 0 aliphatic rings. The second kappa shape index (κ2) is 10.4. The minimum atomic E-state index is -0.837. The molecule has 0 saturated carbocycles. The lowest BCUT2D eigenvalue weighted by molar-refractivity contribution is -0.138. The third-order valence-electron chi connectivity index (χ3n) is 3.25. The highest BCUT2D eigenvalue weighted by Gasteiger charge is 2.20. The molecule has 3 N–H and O–H groups in total. The van der Waals surface area contributed by atoms with Crippen molar-refractivity contribution in [3.8, 4) is 0 Å². The molecule has 6 heteroatoms. The number of hydrogen-bond donors (Lipinski definition) is 3. The molecule has 21 heavy (non-hydrogen) atoms. The minimum absolute atomic E-state index is 0.0413. The Labute approximate surface area is 127 Å². The number of aliphatic carboxylic acids is 1. The van der Waals surface area contributed by atoms with Crippen LogP contribution in [0, 0.1) is 11.8 Å². The van der Waals surface area contributed by atoms with Crippen LogP contribution >= 0.6 is 0 Å². The topological polar surface area (TPSA) is 89.9 Å². The van der Waals surface area contributed by atoms with Crippen LogP contribution in [0.15, 0.2) is 0 Å². The number of nitrogens with one attached hydrogen (secondary N) is 1. The Bertz CT molecular complexity index is 319. The van der Waals surface area contributed by atoms with Crippen molar-refractivity contribution in [3.05, 3.63) is 0 Å².